The molecule has 2 nitrogen and oxygen atoms in total. The summed E-state index contributed by atoms with van der Waals surface area (Å²) in [5.41, 5.74) is -1.29. The molecule has 1 aromatic carbocycles. The van der Waals surface area contributed by atoms with Crippen LogP contribution in [0.2, 0.25) is 0 Å². The number of hydrogen-bond acceptors (Lipinski definition) is 2. The summed E-state index contributed by atoms with van der Waals surface area (Å²) in [6, 6.07) is 3.19. The zero-order chi connectivity index (χ0) is 16.1. The third-order valence-corrected chi connectivity index (χ3v) is 5.03. The highest BCUT2D eigenvalue weighted by Gasteiger charge is 2.41. The molecule has 0 spiro atoms. The van der Waals surface area contributed by atoms with E-state index in [9.17, 15) is 22.4 Å². The number of hydrogen-bond donors (Lipinski definition) is 0. The molecule has 2 fully saturated rings. The molecule has 0 aliphatic carbocycles. The molecule has 0 radical (unpaired) electrons. The van der Waals surface area contributed by atoms with Gasteiger partial charge < -0.3 is 4.90 Å². The van der Waals surface area contributed by atoms with Gasteiger partial charge in [0.05, 0.1) is 5.56 Å². The highest BCUT2D eigenvalue weighted by molar-refractivity contribution is 5.98. The van der Waals surface area contributed by atoms with Crippen molar-refractivity contribution in [1.82, 2.24) is 4.90 Å². The van der Waals surface area contributed by atoms with E-state index in [1.54, 1.807) is 0 Å². The van der Waals surface area contributed by atoms with Gasteiger partial charge in [0.1, 0.15) is 5.82 Å². The summed E-state index contributed by atoms with van der Waals surface area (Å²) in [6.07, 6.45) is -1.24. The number of ketones is 1. The van der Waals surface area contributed by atoms with Crippen LogP contribution in [0.15, 0.2) is 18.2 Å². The SMILES string of the molecule is CN1C2CCC1CC(C(=O)c1ccc(C(F)(F)F)c(F)c1)C2. The molecule has 120 valence electrons. The number of benzene rings is 1. The van der Waals surface area contributed by atoms with E-state index >= 15 is 0 Å². The fourth-order valence-electron chi connectivity index (χ4n) is 3.76. The minimum Gasteiger partial charge on any atom is -0.300 e. The zero-order valence-electron chi connectivity index (χ0n) is 12.2. The monoisotopic (exact) mass is 315 g/mol. The highest BCUT2D eigenvalue weighted by atomic mass is 19.4. The molecular weight excluding hydrogens is 298 g/mol. The van der Waals surface area contributed by atoms with Gasteiger partial charge in [-0.15, -0.1) is 0 Å². The third-order valence-electron chi connectivity index (χ3n) is 5.03. The van der Waals surface area contributed by atoms with Crippen molar-refractivity contribution in [3.63, 3.8) is 0 Å². The lowest BCUT2D eigenvalue weighted by atomic mass is 9.85. The Bertz CT molecular complexity index is 584. The number of Topliss-reactive ketones (excluding diaryl/α,β-unsaturated/α-hetero) is 1. The summed E-state index contributed by atoms with van der Waals surface area (Å²) in [5, 5.41) is 0. The summed E-state index contributed by atoms with van der Waals surface area (Å²) in [6.45, 7) is 0. The average Bonchev–Trinajstić information content (AvgIpc) is 2.66. The zero-order valence-corrected chi connectivity index (χ0v) is 12.2. The van der Waals surface area contributed by atoms with Crippen molar-refractivity contribution in [2.45, 2.75) is 43.9 Å². The number of fused-ring (bicyclic) bond motifs is 2. The fourth-order valence-corrected chi connectivity index (χ4v) is 3.76. The smallest absolute Gasteiger partial charge is 0.300 e. The number of alkyl halides is 3. The molecule has 2 aliphatic heterocycles. The maximum Gasteiger partial charge on any atom is 0.419 e. The number of carbonyl (C=O) groups is 1. The normalized spacial score (nSPS) is 28.9. The Labute approximate surface area is 126 Å². The van der Waals surface area contributed by atoms with Crippen molar-refractivity contribution in [1.29, 1.82) is 0 Å². The lowest BCUT2D eigenvalue weighted by Gasteiger charge is -2.35. The lowest BCUT2D eigenvalue weighted by Crippen LogP contribution is -2.42. The van der Waals surface area contributed by atoms with Gasteiger partial charge in [-0.05, 0) is 44.9 Å². The van der Waals surface area contributed by atoms with Crippen molar-refractivity contribution >= 4 is 5.78 Å². The number of piperidine rings is 1. The van der Waals surface area contributed by atoms with Crippen LogP contribution in [0.4, 0.5) is 17.6 Å². The average molecular weight is 315 g/mol. The Balaban J connectivity index is 1.80. The van der Waals surface area contributed by atoms with Crippen molar-refractivity contribution in [2.75, 3.05) is 7.05 Å². The second kappa shape index (κ2) is 5.33. The van der Waals surface area contributed by atoms with Crippen LogP contribution in [0, 0.1) is 11.7 Å². The Morgan fingerprint density at radius 1 is 1.18 bits per heavy atom. The van der Waals surface area contributed by atoms with E-state index in [4.69, 9.17) is 0 Å². The molecule has 1 aromatic rings. The Morgan fingerprint density at radius 2 is 1.77 bits per heavy atom. The van der Waals surface area contributed by atoms with Crippen LogP contribution < -0.4 is 0 Å². The van der Waals surface area contributed by atoms with E-state index in [0.717, 1.165) is 25.0 Å². The van der Waals surface area contributed by atoms with Crippen LogP contribution in [-0.4, -0.2) is 29.8 Å². The minimum atomic E-state index is -4.74. The molecule has 2 heterocycles. The molecule has 22 heavy (non-hydrogen) atoms. The molecule has 0 saturated carbocycles. The molecule has 3 rings (SSSR count). The minimum absolute atomic E-state index is 0.0412. The van der Waals surface area contributed by atoms with Crippen LogP contribution in [0.3, 0.4) is 0 Å². The Hall–Kier alpha value is -1.43. The van der Waals surface area contributed by atoms with Crippen molar-refractivity contribution < 1.29 is 22.4 Å². The first-order valence-corrected chi connectivity index (χ1v) is 7.40. The first-order valence-electron chi connectivity index (χ1n) is 7.40. The van der Waals surface area contributed by atoms with Gasteiger partial charge in [-0.3, -0.25) is 4.79 Å². The fraction of sp³-hybridized carbons (Fsp3) is 0.562. The molecule has 2 saturated heterocycles. The van der Waals surface area contributed by atoms with Gasteiger partial charge in [0, 0.05) is 23.6 Å². The number of rotatable bonds is 2. The van der Waals surface area contributed by atoms with Crippen molar-refractivity contribution in [3.05, 3.63) is 35.1 Å². The first-order chi connectivity index (χ1) is 10.3. The second-order valence-electron chi connectivity index (χ2n) is 6.28. The molecule has 2 bridgehead atoms. The lowest BCUT2D eigenvalue weighted by molar-refractivity contribution is -0.140. The maximum atomic E-state index is 13.6. The maximum absolute atomic E-state index is 13.6. The summed E-state index contributed by atoms with van der Waals surface area (Å²) >= 11 is 0. The van der Waals surface area contributed by atoms with Crippen LogP contribution in [0.25, 0.3) is 0 Å². The molecule has 2 unspecified atom stereocenters. The number of nitrogens with zero attached hydrogens (tertiary/aromatic N) is 1. The summed E-state index contributed by atoms with van der Waals surface area (Å²) in [7, 11) is 2.04. The predicted octanol–water partition coefficient (Wildman–Crippen LogP) is 3.90. The van der Waals surface area contributed by atoms with E-state index in [-0.39, 0.29) is 17.3 Å². The van der Waals surface area contributed by atoms with Crippen molar-refractivity contribution in [2.24, 2.45) is 5.92 Å². The van der Waals surface area contributed by atoms with E-state index < -0.39 is 17.6 Å². The molecule has 6 heteroatoms. The van der Waals surface area contributed by atoms with Gasteiger partial charge >= 0.3 is 6.18 Å². The van der Waals surface area contributed by atoms with Crippen LogP contribution >= 0.6 is 0 Å². The van der Waals surface area contributed by atoms with Gasteiger partial charge in [-0.25, -0.2) is 4.39 Å². The summed E-state index contributed by atoms with van der Waals surface area (Å²) < 4.78 is 51.3. The highest BCUT2D eigenvalue weighted by Crippen LogP contribution is 2.39. The van der Waals surface area contributed by atoms with Gasteiger partial charge in [0.15, 0.2) is 5.78 Å². The first kappa shape index (κ1) is 15.5. The standard InChI is InChI=1S/C16H17F4NO/c1-21-11-3-4-12(21)7-10(6-11)15(22)9-2-5-13(14(17)8-9)16(18,19)20/h2,5,8,10-12H,3-4,6-7H2,1H3. The molecule has 0 amide bonds. The molecule has 0 aromatic heterocycles. The van der Waals surface area contributed by atoms with Crippen LogP contribution in [0.5, 0.6) is 0 Å². The van der Waals surface area contributed by atoms with E-state index in [1.807, 2.05) is 7.05 Å². The molecular formula is C16H17F4NO. The predicted molar refractivity (Wildman–Crippen MR) is 73.0 cm³/mol. The summed E-state index contributed by atoms with van der Waals surface area (Å²) in [5.74, 6) is -1.84. The van der Waals surface area contributed by atoms with Gasteiger partial charge in [0.2, 0.25) is 0 Å². The van der Waals surface area contributed by atoms with Gasteiger partial charge in [-0.1, -0.05) is 6.07 Å². The third kappa shape index (κ3) is 2.64. The van der Waals surface area contributed by atoms with Crippen LogP contribution in [-0.2, 0) is 6.18 Å². The number of carbonyl (C=O) groups excluding carboxylic acids is 1. The molecule has 2 atom stereocenters. The second-order valence-corrected chi connectivity index (χ2v) is 6.28. The quantitative estimate of drug-likeness (QED) is 0.609. The topological polar surface area (TPSA) is 20.3 Å². The Morgan fingerprint density at radius 3 is 2.27 bits per heavy atom. The molecule has 2 aliphatic rings. The Kier molecular flexibility index (Phi) is 3.75. The van der Waals surface area contributed by atoms with Gasteiger partial charge in [-0.2, -0.15) is 13.2 Å². The summed E-state index contributed by atoms with van der Waals surface area (Å²) in [4.78, 5) is 14.7. The molecule has 0 N–H and O–H groups in total. The number of halogens is 4. The largest absolute Gasteiger partial charge is 0.419 e. The van der Waals surface area contributed by atoms with E-state index in [2.05, 4.69) is 4.90 Å². The van der Waals surface area contributed by atoms with E-state index in [1.165, 1.54) is 0 Å². The van der Waals surface area contributed by atoms with Crippen molar-refractivity contribution in [3.8, 4) is 0 Å². The van der Waals surface area contributed by atoms with Gasteiger partial charge in [0.25, 0.3) is 0 Å². The van der Waals surface area contributed by atoms with E-state index in [0.29, 0.717) is 31.0 Å². The van der Waals surface area contributed by atoms with Crippen LogP contribution in [0.1, 0.15) is 41.6 Å².